The molecule has 2 amide bonds. The zero-order chi connectivity index (χ0) is 18.7. The first-order valence-corrected chi connectivity index (χ1v) is 8.16. The molecule has 1 N–H and O–H groups in total. The Morgan fingerprint density at radius 2 is 1.88 bits per heavy atom. The number of alkyl halides is 3. The quantitative estimate of drug-likeness (QED) is 0.859. The molecule has 1 saturated heterocycles. The van der Waals surface area contributed by atoms with Crippen molar-refractivity contribution in [3.05, 3.63) is 47.4 Å². The van der Waals surface area contributed by atoms with Crippen molar-refractivity contribution in [3.63, 3.8) is 0 Å². The van der Waals surface area contributed by atoms with Crippen LogP contribution in [0.5, 0.6) is 0 Å². The van der Waals surface area contributed by atoms with Crippen molar-refractivity contribution < 1.29 is 18.0 Å². The van der Waals surface area contributed by atoms with Gasteiger partial charge >= 0.3 is 12.2 Å². The van der Waals surface area contributed by atoms with Crippen molar-refractivity contribution >= 4 is 29.1 Å². The largest absolute Gasteiger partial charge is 0.417 e. The first-order chi connectivity index (χ1) is 12.3. The fourth-order valence-corrected chi connectivity index (χ4v) is 2.84. The molecule has 0 bridgehead atoms. The number of benzene rings is 1. The zero-order valence-corrected chi connectivity index (χ0v) is 14.3. The van der Waals surface area contributed by atoms with Crippen molar-refractivity contribution in [2.75, 3.05) is 36.4 Å². The highest BCUT2D eigenvalue weighted by Gasteiger charge is 2.33. The van der Waals surface area contributed by atoms with Crippen molar-refractivity contribution in [1.82, 2.24) is 14.9 Å². The molecule has 3 rings (SSSR count). The molecule has 2 aromatic rings. The van der Waals surface area contributed by atoms with Gasteiger partial charge in [0, 0.05) is 44.3 Å². The van der Waals surface area contributed by atoms with E-state index in [1.807, 2.05) is 4.90 Å². The number of rotatable bonds is 2. The minimum atomic E-state index is -4.58. The fourth-order valence-electron chi connectivity index (χ4n) is 2.62. The van der Waals surface area contributed by atoms with E-state index in [-0.39, 0.29) is 5.69 Å². The van der Waals surface area contributed by atoms with Crippen LogP contribution < -0.4 is 10.2 Å². The number of carbonyl (C=O) groups excluding carboxylic acids is 1. The Hall–Kier alpha value is -2.55. The maximum Gasteiger partial charge on any atom is 0.417 e. The van der Waals surface area contributed by atoms with Crippen molar-refractivity contribution in [2.24, 2.45) is 0 Å². The standard InChI is InChI=1S/C16H15ClF3N5O/c17-13-2-1-11(9-12(13)16(18,19)20)23-15(26)25-7-5-24(6-8-25)14-10-21-3-4-22-14/h1-4,9-10H,5-8H2,(H,23,26). The number of carbonyl (C=O) groups is 1. The highest BCUT2D eigenvalue weighted by molar-refractivity contribution is 6.31. The third-order valence-corrected chi connectivity index (χ3v) is 4.29. The summed E-state index contributed by atoms with van der Waals surface area (Å²) in [4.78, 5) is 24.0. The minimum Gasteiger partial charge on any atom is -0.352 e. The second kappa shape index (κ2) is 7.36. The molecule has 1 aromatic carbocycles. The van der Waals surface area contributed by atoms with Gasteiger partial charge in [-0.05, 0) is 18.2 Å². The van der Waals surface area contributed by atoms with E-state index in [0.29, 0.717) is 26.2 Å². The lowest BCUT2D eigenvalue weighted by molar-refractivity contribution is -0.137. The molecule has 1 aliphatic rings. The second-order valence-electron chi connectivity index (χ2n) is 5.66. The van der Waals surface area contributed by atoms with Crippen LogP contribution in [0.1, 0.15) is 5.56 Å². The van der Waals surface area contributed by atoms with Crippen LogP contribution in [0.3, 0.4) is 0 Å². The first kappa shape index (κ1) is 18.2. The van der Waals surface area contributed by atoms with Crippen LogP contribution in [0.4, 0.5) is 29.5 Å². The average Bonchev–Trinajstić information content (AvgIpc) is 2.63. The third-order valence-electron chi connectivity index (χ3n) is 3.96. The lowest BCUT2D eigenvalue weighted by Crippen LogP contribution is -2.50. The van der Waals surface area contributed by atoms with E-state index in [9.17, 15) is 18.0 Å². The van der Waals surface area contributed by atoms with Gasteiger partial charge in [0.25, 0.3) is 0 Å². The number of amides is 2. The highest BCUT2D eigenvalue weighted by atomic mass is 35.5. The molecule has 138 valence electrons. The molecule has 6 nitrogen and oxygen atoms in total. The summed E-state index contributed by atoms with van der Waals surface area (Å²) in [5, 5.41) is 2.08. The Labute approximate surface area is 152 Å². The summed E-state index contributed by atoms with van der Waals surface area (Å²) in [6, 6.07) is 2.83. The number of piperazine rings is 1. The molecule has 1 aliphatic heterocycles. The molecule has 0 unspecified atom stereocenters. The predicted octanol–water partition coefficient (Wildman–Crippen LogP) is 3.50. The fraction of sp³-hybridized carbons (Fsp3) is 0.312. The maximum atomic E-state index is 12.9. The highest BCUT2D eigenvalue weighted by Crippen LogP contribution is 2.36. The molecule has 1 aromatic heterocycles. The van der Waals surface area contributed by atoms with Gasteiger partial charge in [-0.15, -0.1) is 0 Å². The smallest absolute Gasteiger partial charge is 0.352 e. The summed E-state index contributed by atoms with van der Waals surface area (Å²) in [7, 11) is 0. The monoisotopic (exact) mass is 385 g/mol. The number of hydrogen-bond acceptors (Lipinski definition) is 4. The first-order valence-electron chi connectivity index (χ1n) is 7.78. The van der Waals surface area contributed by atoms with Crippen LogP contribution in [-0.2, 0) is 6.18 Å². The molecular weight excluding hydrogens is 371 g/mol. The lowest BCUT2D eigenvalue weighted by Gasteiger charge is -2.35. The molecule has 0 saturated carbocycles. The van der Waals surface area contributed by atoms with Gasteiger partial charge in [0.2, 0.25) is 0 Å². The van der Waals surface area contributed by atoms with Crippen molar-refractivity contribution in [1.29, 1.82) is 0 Å². The predicted molar refractivity (Wildman–Crippen MR) is 91.3 cm³/mol. The van der Waals surface area contributed by atoms with Gasteiger partial charge in [-0.25, -0.2) is 9.78 Å². The van der Waals surface area contributed by atoms with Crippen LogP contribution in [0.15, 0.2) is 36.8 Å². The topological polar surface area (TPSA) is 61.4 Å². The van der Waals surface area contributed by atoms with E-state index in [2.05, 4.69) is 15.3 Å². The SMILES string of the molecule is O=C(Nc1ccc(Cl)c(C(F)(F)F)c1)N1CCN(c2cnccn2)CC1. The average molecular weight is 386 g/mol. The molecule has 2 heterocycles. The molecule has 0 aliphatic carbocycles. The number of hydrogen-bond donors (Lipinski definition) is 1. The summed E-state index contributed by atoms with van der Waals surface area (Å²) in [5.74, 6) is 0.722. The van der Waals surface area contributed by atoms with Gasteiger partial charge in [0.15, 0.2) is 0 Å². The molecule has 1 fully saturated rings. The molecule has 0 radical (unpaired) electrons. The van der Waals surface area contributed by atoms with Gasteiger partial charge in [-0.1, -0.05) is 11.6 Å². The summed E-state index contributed by atoms with van der Waals surface area (Å²) in [6.07, 6.45) is 0.226. The number of anilines is 2. The van der Waals surface area contributed by atoms with E-state index < -0.39 is 22.8 Å². The number of halogens is 4. The number of aromatic nitrogens is 2. The number of nitrogens with one attached hydrogen (secondary N) is 1. The van der Waals surface area contributed by atoms with Crippen LogP contribution in [0.25, 0.3) is 0 Å². The van der Waals surface area contributed by atoms with Crippen LogP contribution in [0, 0.1) is 0 Å². The Bertz CT molecular complexity index is 779. The third kappa shape index (κ3) is 4.16. The van der Waals surface area contributed by atoms with Gasteiger partial charge in [-0.3, -0.25) is 4.98 Å². The summed E-state index contributed by atoms with van der Waals surface area (Å²) >= 11 is 5.58. The summed E-state index contributed by atoms with van der Waals surface area (Å²) in [6.45, 7) is 1.95. The van der Waals surface area contributed by atoms with Crippen LogP contribution >= 0.6 is 11.6 Å². The summed E-state index contributed by atoms with van der Waals surface area (Å²) in [5.41, 5.74) is -0.937. The van der Waals surface area contributed by atoms with Crippen LogP contribution in [0.2, 0.25) is 5.02 Å². The van der Waals surface area contributed by atoms with Gasteiger partial charge in [0.05, 0.1) is 16.8 Å². The van der Waals surface area contributed by atoms with E-state index >= 15 is 0 Å². The van der Waals surface area contributed by atoms with Crippen molar-refractivity contribution in [3.8, 4) is 0 Å². The second-order valence-corrected chi connectivity index (χ2v) is 6.07. The molecular formula is C16H15ClF3N5O. The Morgan fingerprint density at radius 1 is 1.15 bits per heavy atom. The number of urea groups is 1. The normalized spacial score (nSPS) is 15.1. The number of nitrogens with zero attached hydrogens (tertiary/aromatic N) is 4. The van der Waals surface area contributed by atoms with Gasteiger partial charge in [-0.2, -0.15) is 13.2 Å². The zero-order valence-electron chi connectivity index (χ0n) is 13.5. The minimum absolute atomic E-state index is 0.0445. The van der Waals surface area contributed by atoms with Gasteiger partial charge in [0.1, 0.15) is 5.82 Å². The molecule has 10 heteroatoms. The molecule has 0 spiro atoms. The van der Waals surface area contributed by atoms with Crippen LogP contribution in [-0.4, -0.2) is 47.1 Å². The molecule has 0 atom stereocenters. The van der Waals surface area contributed by atoms with E-state index in [1.165, 1.54) is 11.0 Å². The maximum absolute atomic E-state index is 12.9. The van der Waals surface area contributed by atoms with Gasteiger partial charge < -0.3 is 15.1 Å². The Morgan fingerprint density at radius 3 is 2.50 bits per heavy atom. The summed E-state index contributed by atoms with van der Waals surface area (Å²) < 4.78 is 38.7. The van der Waals surface area contributed by atoms with E-state index in [0.717, 1.165) is 18.0 Å². The lowest BCUT2D eigenvalue weighted by atomic mass is 10.2. The van der Waals surface area contributed by atoms with E-state index in [4.69, 9.17) is 11.6 Å². The Balaban J connectivity index is 1.61. The Kier molecular flexibility index (Phi) is 5.17. The van der Waals surface area contributed by atoms with E-state index in [1.54, 1.807) is 18.6 Å². The van der Waals surface area contributed by atoms with Crippen molar-refractivity contribution in [2.45, 2.75) is 6.18 Å². The molecule has 26 heavy (non-hydrogen) atoms.